The lowest BCUT2D eigenvalue weighted by Gasteiger charge is -2.36. The van der Waals surface area contributed by atoms with E-state index in [0.29, 0.717) is 12.1 Å². The maximum atomic E-state index is 12.6. The Morgan fingerprint density at radius 3 is 3.04 bits per heavy atom. The largest absolute Gasteiger partial charge is 0.350 e. The van der Waals surface area contributed by atoms with Gasteiger partial charge in [-0.05, 0) is 43.5 Å². The van der Waals surface area contributed by atoms with Crippen LogP contribution in [-0.2, 0) is 7.05 Å². The standard InChI is InChI=1S/C19H22N6O2/c1-24-18(26)8-7-17(23-24)25-9-3-2-4-14(25)11-20-19(27)13-5-6-15-16(10-13)22-12-21-15/h5-8,10,12,14H,2-4,9,11H2,1H3,(H,20,27)(H,21,22). The highest BCUT2D eigenvalue weighted by Crippen LogP contribution is 2.22. The number of imidazole rings is 1. The Bertz CT molecular complexity index is 1020. The van der Waals surface area contributed by atoms with Crippen molar-refractivity contribution in [1.82, 2.24) is 25.1 Å². The molecule has 1 fully saturated rings. The number of anilines is 1. The third-order valence-electron chi connectivity index (χ3n) is 5.05. The first-order valence-electron chi connectivity index (χ1n) is 9.14. The monoisotopic (exact) mass is 366 g/mol. The van der Waals surface area contributed by atoms with Crippen molar-refractivity contribution in [2.75, 3.05) is 18.0 Å². The van der Waals surface area contributed by atoms with Crippen LogP contribution in [0, 0.1) is 0 Å². The van der Waals surface area contributed by atoms with Crippen LogP contribution < -0.4 is 15.8 Å². The minimum Gasteiger partial charge on any atom is -0.350 e. The van der Waals surface area contributed by atoms with Crippen molar-refractivity contribution >= 4 is 22.8 Å². The van der Waals surface area contributed by atoms with Gasteiger partial charge >= 0.3 is 0 Å². The molecule has 1 amide bonds. The fourth-order valence-electron chi connectivity index (χ4n) is 3.55. The fourth-order valence-corrected chi connectivity index (χ4v) is 3.55. The molecule has 140 valence electrons. The molecule has 1 aromatic carbocycles. The zero-order chi connectivity index (χ0) is 18.8. The molecule has 1 aliphatic heterocycles. The Morgan fingerprint density at radius 1 is 1.30 bits per heavy atom. The Balaban J connectivity index is 1.47. The maximum absolute atomic E-state index is 12.6. The van der Waals surface area contributed by atoms with E-state index in [-0.39, 0.29) is 17.5 Å². The number of carbonyl (C=O) groups excluding carboxylic acids is 1. The molecule has 4 rings (SSSR count). The second-order valence-corrected chi connectivity index (χ2v) is 6.84. The van der Waals surface area contributed by atoms with Gasteiger partial charge < -0.3 is 15.2 Å². The van der Waals surface area contributed by atoms with E-state index in [1.54, 1.807) is 25.5 Å². The molecule has 3 aromatic rings. The number of carbonyl (C=O) groups is 1. The van der Waals surface area contributed by atoms with E-state index in [1.165, 1.54) is 10.7 Å². The molecule has 1 unspecified atom stereocenters. The smallest absolute Gasteiger partial charge is 0.266 e. The number of nitrogens with zero attached hydrogens (tertiary/aromatic N) is 4. The quantitative estimate of drug-likeness (QED) is 0.729. The number of aromatic nitrogens is 4. The Kier molecular flexibility index (Phi) is 4.62. The minimum absolute atomic E-state index is 0.106. The fraction of sp³-hybridized carbons (Fsp3) is 0.368. The van der Waals surface area contributed by atoms with Gasteiger partial charge in [0.25, 0.3) is 11.5 Å². The van der Waals surface area contributed by atoms with Crippen LogP contribution in [0.5, 0.6) is 0 Å². The summed E-state index contributed by atoms with van der Waals surface area (Å²) in [5, 5.41) is 7.41. The predicted octanol–water partition coefficient (Wildman–Crippen LogP) is 1.45. The molecule has 27 heavy (non-hydrogen) atoms. The molecular formula is C19H22N6O2. The van der Waals surface area contributed by atoms with E-state index < -0.39 is 0 Å². The number of hydrogen-bond acceptors (Lipinski definition) is 5. The molecule has 0 aliphatic carbocycles. The third kappa shape index (κ3) is 3.55. The molecule has 2 aromatic heterocycles. The van der Waals surface area contributed by atoms with Gasteiger partial charge in [0.05, 0.1) is 17.4 Å². The van der Waals surface area contributed by atoms with Crippen molar-refractivity contribution in [1.29, 1.82) is 0 Å². The molecule has 0 spiro atoms. The van der Waals surface area contributed by atoms with E-state index in [4.69, 9.17) is 0 Å². The van der Waals surface area contributed by atoms with Crippen LogP contribution in [0.4, 0.5) is 5.82 Å². The topological polar surface area (TPSA) is 95.9 Å². The highest BCUT2D eigenvalue weighted by molar-refractivity contribution is 5.97. The zero-order valence-electron chi connectivity index (χ0n) is 15.2. The average Bonchev–Trinajstić information content (AvgIpc) is 3.16. The van der Waals surface area contributed by atoms with Gasteiger partial charge in [-0.1, -0.05) is 0 Å². The van der Waals surface area contributed by atoms with E-state index in [0.717, 1.165) is 42.7 Å². The molecular weight excluding hydrogens is 344 g/mol. The summed E-state index contributed by atoms with van der Waals surface area (Å²) in [6.45, 7) is 1.40. The van der Waals surface area contributed by atoms with Crippen LogP contribution in [0.15, 0.2) is 41.5 Å². The third-order valence-corrected chi connectivity index (χ3v) is 5.05. The maximum Gasteiger partial charge on any atom is 0.266 e. The lowest BCUT2D eigenvalue weighted by molar-refractivity contribution is 0.0949. The van der Waals surface area contributed by atoms with Gasteiger partial charge in [-0.2, -0.15) is 5.10 Å². The van der Waals surface area contributed by atoms with Gasteiger partial charge in [-0.25, -0.2) is 9.67 Å². The lowest BCUT2D eigenvalue weighted by Crippen LogP contribution is -2.47. The van der Waals surface area contributed by atoms with Gasteiger partial charge in [0, 0.05) is 37.8 Å². The number of fused-ring (bicyclic) bond motifs is 1. The molecule has 8 nitrogen and oxygen atoms in total. The molecule has 1 atom stereocenters. The number of aromatic amines is 1. The lowest BCUT2D eigenvalue weighted by atomic mass is 10.0. The summed E-state index contributed by atoms with van der Waals surface area (Å²) in [6.07, 6.45) is 4.78. The van der Waals surface area contributed by atoms with Crippen LogP contribution >= 0.6 is 0 Å². The van der Waals surface area contributed by atoms with E-state index >= 15 is 0 Å². The average molecular weight is 366 g/mol. The highest BCUT2D eigenvalue weighted by Gasteiger charge is 2.24. The summed E-state index contributed by atoms with van der Waals surface area (Å²) in [5.74, 6) is 0.667. The van der Waals surface area contributed by atoms with Gasteiger partial charge in [0.15, 0.2) is 0 Å². The van der Waals surface area contributed by atoms with E-state index in [9.17, 15) is 9.59 Å². The molecule has 0 saturated carbocycles. The molecule has 2 N–H and O–H groups in total. The number of amides is 1. The van der Waals surface area contributed by atoms with Crippen LogP contribution in [-0.4, -0.2) is 44.8 Å². The van der Waals surface area contributed by atoms with Crippen LogP contribution in [0.2, 0.25) is 0 Å². The number of H-pyrrole nitrogens is 1. The normalized spacial score (nSPS) is 17.2. The highest BCUT2D eigenvalue weighted by atomic mass is 16.1. The summed E-state index contributed by atoms with van der Waals surface area (Å²) in [6, 6.07) is 8.88. The Hall–Kier alpha value is -3.16. The molecule has 8 heteroatoms. The van der Waals surface area contributed by atoms with Crippen molar-refractivity contribution in [2.24, 2.45) is 7.05 Å². The Morgan fingerprint density at radius 2 is 2.19 bits per heavy atom. The first-order valence-corrected chi connectivity index (χ1v) is 9.14. The van der Waals surface area contributed by atoms with Crippen molar-refractivity contribution in [2.45, 2.75) is 25.3 Å². The van der Waals surface area contributed by atoms with Gasteiger partial charge in [-0.15, -0.1) is 0 Å². The summed E-state index contributed by atoms with van der Waals surface area (Å²) in [4.78, 5) is 33.5. The second-order valence-electron chi connectivity index (χ2n) is 6.84. The minimum atomic E-state index is -0.130. The number of piperidine rings is 1. The Labute approximate surface area is 156 Å². The van der Waals surface area contributed by atoms with Crippen molar-refractivity contribution < 1.29 is 4.79 Å². The summed E-state index contributed by atoms with van der Waals surface area (Å²) >= 11 is 0. The van der Waals surface area contributed by atoms with Crippen molar-refractivity contribution in [3.63, 3.8) is 0 Å². The zero-order valence-corrected chi connectivity index (χ0v) is 15.2. The SMILES string of the molecule is Cn1nc(N2CCCCC2CNC(=O)c2ccc3nc[nH]c3c2)ccc1=O. The van der Waals surface area contributed by atoms with Crippen LogP contribution in [0.1, 0.15) is 29.6 Å². The van der Waals surface area contributed by atoms with Gasteiger partial charge in [0.2, 0.25) is 0 Å². The summed E-state index contributed by atoms with van der Waals surface area (Å²) in [7, 11) is 1.65. The predicted molar refractivity (Wildman–Crippen MR) is 103 cm³/mol. The second kappa shape index (κ2) is 7.22. The van der Waals surface area contributed by atoms with Gasteiger partial charge in [0.1, 0.15) is 5.82 Å². The number of benzene rings is 1. The summed E-state index contributed by atoms with van der Waals surface area (Å²) < 4.78 is 1.35. The number of nitrogens with one attached hydrogen (secondary N) is 2. The van der Waals surface area contributed by atoms with Crippen LogP contribution in [0.3, 0.4) is 0 Å². The van der Waals surface area contributed by atoms with Gasteiger partial charge in [-0.3, -0.25) is 9.59 Å². The first-order chi connectivity index (χ1) is 13.1. The van der Waals surface area contributed by atoms with E-state index in [1.807, 2.05) is 12.1 Å². The molecule has 0 bridgehead atoms. The summed E-state index contributed by atoms with van der Waals surface area (Å²) in [5.41, 5.74) is 2.16. The molecule has 1 aliphatic rings. The molecule has 0 radical (unpaired) electrons. The van der Waals surface area contributed by atoms with Crippen LogP contribution in [0.25, 0.3) is 11.0 Å². The number of aryl methyl sites for hydroxylation is 1. The van der Waals surface area contributed by atoms with E-state index in [2.05, 4.69) is 25.3 Å². The van der Waals surface area contributed by atoms with Crippen molar-refractivity contribution in [3.8, 4) is 0 Å². The first kappa shape index (κ1) is 17.3. The molecule has 1 saturated heterocycles. The number of rotatable bonds is 4. The number of hydrogen-bond donors (Lipinski definition) is 2. The molecule has 3 heterocycles. The van der Waals surface area contributed by atoms with Crippen molar-refractivity contribution in [3.05, 3.63) is 52.6 Å².